The van der Waals surface area contributed by atoms with E-state index >= 15 is 0 Å². The van der Waals surface area contributed by atoms with E-state index in [9.17, 15) is 9.90 Å². The van der Waals surface area contributed by atoms with Crippen molar-refractivity contribution >= 4 is 5.91 Å². The molecule has 1 aliphatic heterocycles. The van der Waals surface area contributed by atoms with Gasteiger partial charge in [-0.05, 0) is 55.8 Å². The quantitative estimate of drug-likeness (QED) is 0.848. The molecule has 0 aromatic heterocycles. The van der Waals surface area contributed by atoms with Crippen molar-refractivity contribution in [2.24, 2.45) is 5.92 Å². The number of hydrogen-bond acceptors (Lipinski definition) is 3. The molecule has 0 bridgehead atoms. The van der Waals surface area contributed by atoms with Crippen molar-refractivity contribution in [3.63, 3.8) is 0 Å². The molecule has 1 saturated heterocycles. The summed E-state index contributed by atoms with van der Waals surface area (Å²) in [7, 11) is 0. The predicted molar refractivity (Wildman–Crippen MR) is 91.4 cm³/mol. The second-order valence-electron chi connectivity index (χ2n) is 7.06. The molecule has 23 heavy (non-hydrogen) atoms. The van der Waals surface area contributed by atoms with Crippen LogP contribution in [0.1, 0.15) is 44.1 Å². The van der Waals surface area contributed by atoms with Crippen LogP contribution in [0.3, 0.4) is 0 Å². The summed E-state index contributed by atoms with van der Waals surface area (Å²) in [5, 5.41) is 12.5. The molecule has 1 heterocycles. The fourth-order valence-electron chi connectivity index (χ4n) is 3.95. The first-order valence-corrected chi connectivity index (χ1v) is 8.99. The lowest BCUT2D eigenvalue weighted by Crippen LogP contribution is -2.34. The van der Waals surface area contributed by atoms with Crippen molar-refractivity contribution in [3.05, 3.63) is 29.8 Å². The Balaban J connectivity index is 1.34. The molecule has 0 unspecified atom stereocenters. The van der Waals surface area contributed by atoms with Gasteiger partial charge >= 0.3 is 0 Å². The fourth-order valence-corrected chi connectivity index (χ4v) is 3.95. The molecule has 1 aliphatic carbocycles. The number of aromatic hydroxyl groups is 1. The summed E-state index contributed by atoms with van der Waals surface area (Å²) >= 11 is 0. The Bertz CT molecular complexity index is 526. The van der Waals surface area contributed by atoms with Gasteiger partial charge in [-0.15, -0.1) is 0 Å². The number of phenolic OH excluding ortho intramolecular Hbond substituents is 1. The summed E-state index contributed by atoms with van der Waals surface area (Å²) in [6.45, 7) is 3.16. The van der Waals surface area contributed by atoms with E-state index in [0.29, 0.717) is 18.8 Å². The molecule has 1 atom stereocenters. The molecule has 0 spiro atoms. The van der Waals surface area contributed by atoms with Crippen LogP contribution < -0.4 is 5.32 Å². The van der Waals surface area contributed by atoms with Gasteiger partial charge in [-0.25, -0.2) is 0 Å². The number of phenols is 1. The van der Waals surface area contributed by atoms with Crippen LogP contribution in [0.5, 0.6) is 5.75 Å². The third-order valence-corrected chi connectivity index (χ3v) is 5.30. The molecule has 3 rings (SSSR count). The van der Waals surface area contributed by atoms with Crippen LogP contribution in [-0.2, 0) is 11.2 Å². The van der Waals surface area contributed by atoms with Gasteiger partial charge in [0.2, 0.25) is 5.91 Å². The van der Waals surface area contributed by atoms with E-state index in [1.165, 1.54) is 38.6 Å². The first kappa shape index (κ1) is 16.3. The third-order valence-electron chi connectivity index (χ3n) is 5.30. The van der Waals surface area contributed by atoms with Gasteiger partial charge in [-0.3, -0.25) is 4.79 Å². The Kier molecular flexibility index (Phi) is 5.55. The number of carbonyl (C=O) groups is 1. The number of amides is 1. The minimum Gasteiger partial charge on any atom is -0.508 e. The van der Waals surface area contributed by atoms with E-state index < -0.39 is 0 Å². The van der Waals surface area contributed by atoms with Crippen molar-refractivity contribution in [1.82, 2.24) is 10.2 Å². The number of benzene rings is 1. The van der Waals surface area contributed by atoms with Crippen LogP contribution in [0.15, 0.2) is 24.3 Å². The van der Waals surface area contributed by atoms with Crippen LogP contribution in [0.2, 0.25) is 0 Å². The largest absolute Gasteiger partial charge is 0.508 e. The molecular formula is C19H28N2O2. The lowest BCUT2D eigenvalue weighted by molar-refractivity contribution is -0.121. The van der Waals surface area contributed by atoms with Gasteiger partial charge in [0.15, 0.2) is 0 Å². The molecule has 1 aromatic carbocycles. The number of nitrogens with zero attached hydrogens (tertiary/aromatic N) is 1. The van der Waals surface area contributed by atoms with Crippen molar-refractivity contribution in [2.75, 3.05) is 19.6 Å². The number of aryl methyl sites for hydroxylation is 1. The van der Waals surface area contributed by atoms with E-state index in [2.05, 4.69) is 10.2 Å². The molecule has 0 radical (unpaired) electrons. The fraction of sp³-hybridized carbons (Fsp3) is 0.632. The number of rotatable bonds is 6. The van der Waals surface area contributed by atoms with Crippen LogP contribution >= 0.6 is 0 Å². The Morgan fingerprint density at radius 2 is 2.09 bits per heavy atom. The molecule has 2 aliphatic rings. The highest BCUT2D eigenvalue weighted by molar-refractivity contribution is 5.76. The highest BCUT2D eigenvalue weighted by Gasteiger charge is 2.29. The standard InChI is InChI=1S/C19H28N2O2/c22-18-7-3-4-15(12-18)8-9-19(23)20-13-16-10-11-21(14-16)17-5-1-2-6-17/h3-4,7,12,16-17,22H,1-2,5-6,8-11,13-14H2,(H,20,23)/t16-/m0/s1. The number of hydrogen-bond donors (Lipinski definition) is 2. The molecule has 4 nitrogen and oxygen atoms in total. The van der Waals surface area contributed by atoms with Crippen molar-refractivity contribution in [1.29, 1.82) is 0 Å². The Labute approximate surface area is 138 Å². The average molecular weight is 316 g/mol. The molecule has 2 fully saturated rings. The van der Waals surface area contributed by atoms with E-state index in [1.807, 2.05) is 12.1 Å². The highest BCUT2D eigenvalue weighted by atomic mass is 16.3. The lowest BCUT2D eigenvalue weighted by Gasteiger charge is -2.23. The maximum atomic E-state index is 12.0. The van der Waals surface area contributed by atoms with E-state index in [0.717, 1.165) is 24.7 Å². The minimum absolute atomic E-state index is 0.118. The first-order valence-electron chi connectivity index (χ1n) is 8.99. The number of nitrogens with one attached hydrogen (secondary N) is 1. The van der Waals surface area contributed by atoms with Gasteiger partial charge in [0.25, 0.3) is 0 Å². The van der Waals surface area contributed by atoms with Gasteiger partial charge in [-0.2, -0.15) is 0 Å². The summed E-state index contributed by atoms with van der Waals surface area (Å²) < 4.78 is 0. The summed E-state index contributed by atoms with van der Waals surface area (Å²) in [6.07, 6.45) is 7.88. The second-order valence-corrected chi connectivity index (χ2v) is 7.06. The van der Waals surface area contributed by atoms with Crippen molar-refractivity contribution in [3.8, 4) is 5.75 Å². The molecule has 1 saturated carbocycles. The van der Waals surface area contributed by atoms with E-state index in [4.69, 9.17) is 0 Å². The second kappa shape index (κ2) is 7.82. The van der Waals surface area contributed by atoms with Crippen LogP contribution in [-0.4, -0.2) is 41.6 Å². The van der Waals surface area contributed by atoms with Crippen LogP contribution in [0.25, 0.3) is 0 Å². The molecule has 126 valence electrons. The molecule has 4 heteroatoms. The molecule has 1 aromatic rings. The monoisotopic (exact) mass is 316 g/mol. The lowest BCUT2D eigenvalue weighted by atomic mass is 10.1. The maximum absolute atomic E-state index is 12.0. The van der Waals surface area contributed by atoms with Crippen LogP contribution in [0, 0.1) is 5.92 Å². The zero-order valence-electron chi connectivity index (χ0n) is 13.8. The summed E-state index contributed by atoms with van der Waals surface area (Å²) in [4.78, 5) is 14.6. The topological polar surface area (TPSA) is 52.6 Å². The SMILES string of the molecule is O=C(CCc1cccc(O)c1)NC[C@@H]1CCN(C2CCCC2)C1. The van der Waals surface area contributed by atoms with Gasteiger partial charge in [0, 0.05) is 25.6 Å². The van der Waals surface area contributed by atoms with Crippen molar-refractivity contribution < 1.29 is 9.90 Å². The first-order chi connectivity index (χ1) is 11.2. The zero-order chi connectivity index (χ0) is 16.1. The Morgan fingerprint density at radius 1 is 1.26 bits per heavy atom. The Morgan fingerprint density at radius 3 is 2.87 bits per heavy atom. The predicted octanol–water partition coefficient (Wildman–Crippen LogP) is 2.71. The van der Waals surface area contributed by atoms with Gasteiger partial charge in [0.1, 0.15) is 5.75 Å². The van der Waals surface area contributed by atoms with Gasteiger partial charge in [-0.1, -0.05) is 25.0 Å². The van der Waals surface area contributed by atoms with Crippen molar-refractivity contribution in [2.45, 2.75) is 51.0 Å². The molecular weight excluding hydrogens is 288 g/mol. The number of carbonyl (C=O) groups excluding carboxylic acids is 1. The van der Waals surface area contributed by atoms with Gasteiger partial charge < -0.3 is 15.3 Å². The normalized spacial score (nSPS) is 22.5. The van der Waals surface area contributed by atoms with Gasteiger partial charge in [0.05, 0.1) is 0 Å². The summed E-state index contributed by atoms with van der Waals surface area (Å²) in [5.74, 6) is 0.994. The zero-order valence-corrected chi connectivity index (χ0v) is 13.8. The average Bonchev–Trinajstić information content (AvgIpc) is 3.22. The van der Waals surface area contributed by atoms with E-state index in [-0.39, 0.29) is 11.7 Å². The van der Waals surface area contributed by atoms with E-state index in [1.54, 1.807) is 12.1 Å². The summed E-state index contributed by atoms with van der Waals surface area (Å²) in [6, 6.07) is 7.95. The number of likely N-dealkylation sites (tertiary alicyclic amines) is 1. The Hall–Kier alpha value is -1.55. The van der Waals surface area contributed by atoms with Crippen LogP contribution in [0.4, 0.5) is 0 Å². The molecule has 2 N–H and O–H groups in total. The molecule has 1 amide bonds. The minimum atomic E-state index is 0.118. The maximum Gasteiger partial charge on any atom is 0.220 e. The third kappa shape index (κ3) is 4.71. The summed E-state index contributed by atoms with van der Waals surface area (Å²) in [5.41, 5.74) is 1.01. The highest BCUT2D eigenvalue weighted by Crippen LogP contribution is 2.28. The smallest absolute Gasteiger partial charge is 0.220 e.